The third-order valence-corrected chi connectivity index (χ3v) is 3.36. The highest BCUT2D eigenvalue weighted by atomic mass is 16.6. The third-order valence-electron chi connectivity index (χ3n) is 3.36. The largest absolute Gasteiger partial charge is 0.444 e. The first-order chi connectivity index (χ1) is 11.3. The van der Waals surface area contributed by atoms with Gasteiger partial charge < -0.3 is 10.1 Å². The van der Waals surface area contributed by atoms with Gasteiger partial charge in [0.15, 0.2) is 0 Å². The quantitative estimate of drug-likeness (QED) is 0.828. The summed E-state index contributed by atoms with van der Waals surface area (Å²) in [7, 11) is 2.00. The minimum atomic E-state index is -0.467. The molecule has 1 aromatic carbocycles. The Morgan fingerprint density at radius 1 is 1.12 bits per heavy atom. The maximum absolute atomic E-state index is 11.6. The lowest BCUT2D eigenvalue weighted by Crippen LogP contribution is -2.33. The number of carbonyl (C=O) groups is 1. The van der Waals surface area contributed by atoms with Crippen LogP contribution in [0, 0.1) is 0 Å². The molecule has 5 nitrogen and oxygen atoms in total. The summed E-state index contributed by atoms with van der Waals surface area (Å²) < 4.78 is 7.24. The van der Waals surface area contributed by atoms with Crippen molar-refractivity contribution in [2.24, 2.45) is 7.05 Å². The van der Waals surface area contributed by atoms with Crippen LogP contribution < -0.4 is 15.2 Å². The zero-order chi connectivity index (χ0) is 17.6. The predicted molar refractivity (Wildman–Crippen MR) is 95.3 cm³/mol. The molecule has 0 bridgehead atoms. The molecular weight excluding hydrogens is 302 g/mol. The molecule has 0 fully saturated rings. The van der Waals surface area contributed by atoms with Gasteiger partial charge in [-0.15, -0.1) is 0 Å². The Bertz CT molecular complexity index is 676. The van der Waals surface area contributed by atoms with Crippen LogP contribution in [0.3, 0.4) is 0 Å². The van der Waals surface area contributed by atoms with Gasteiger partial charge >= 0.3 is 6.09 Å². The Balaban J connectivity index is 1.82. The number of hydrogen-bond acceptors (Lipinski definition) is 3. The van der Waals surface area contributed by atoms with E-state index in [4.69, 9.17) is 4.74 Å². The highest BCUT2D eigenvalue weighted by Gasteiger charge is 2.15. The van der Waals surface area contributed by atoms with Crippen molar-refractivity contribution in [1.29, 1.82) is 0 Å². The van der Waals surface area contributed by atoms with E-state index in [2.05, 4.69) is 22.8 Å². The first-order valence-electron chi connectivity index (χ1n) is 8.11. The van der Waals surface area contributed by atoms with Crippen molar-refractivity contribution in [3.8, 4) is 0 Å². The van der Waals surface area contributed by atoms with Crippen molar-refractivity contribution < 1.29 is 14.1 Å². The summed E-state index contributed by atoms with van der Waals surface area (Å²) in [6, 6.07) is 14.2. The lowest BCUT2D eigenvalue weighted by Gasteiger charge is -2.19. The van der Waals surface area contributed by atoms with E-state index in [9.17, 15) is 4.79 Å². The fraction of sp³-hybridized carbons (Fsp3) is 0.368. The smallest absolute Gasteiger partial charge is 0.407 e. The minimum absolute atomic E-state index is 0.377. The molecule has 5 heteroatoms. The second-order valence-corrected chi connectivity index (χ2v) is 6.70. The Labute approximate surface area is 143 Å². The number of nitrogens with zero attached hydrogens (tertiary/aromatic N) is 1. The van der Waals surface area contributed by atoms with Gasteiger partial charge in [-0.3, -0.25) is 0 Å². The molecule has 1 heterocycles. The summed E-state index contributed by atoms with van der Waals surface area (Å²) in [5.41, 5.74) is 1.72. The number of anilines is 2. The Morgan fingerprint density at radius 3 is 2.46 bits per heavy atom. The number of pyridine rings is 1. The van der Waals surface area contributed by atoms with Gasteiger partial charge in [0.25, 0.3) is 5.82 Å². The lowest BCUT2D eigenvalue weighted by atomic mass is 10.1. The topological polar surface area (TPSA) is 54.2 Å². The zero-order valence-electron chi connectivity index (χ0n) is 14.8. The van der Waals surface area contributed by atoms with E-state index in [0.29, 0.717) is 6.54 Å². The van der Waals surface area contributed by atoms with E-state index >= 15 is 0 Å². The molecule has 0 radical (unpaired) electrons. The molecule has 0 aliphatic carbocycles. The van der Waals surface area contributed by atoms with Gasteiger partial charge in [-0.05, 0) is 51.0 Å². The summed E-state index contributed by atoms with van der Waals surface area (Å²) in [5, 5.41) is 6.14. The monoisotopic (exact) mass is 328 g/mol. The van der Waals surface area contributed by atoms with Crippen LogP contribution in [0.1, 0.15) is 26.3 Å². The first-order valence-corrected chi connectivity index (χ1v) is 8.11. The van der Waals surface area contributed by atoms with Crippen LogP contribution in [0.4, 0.5) is 16.3 Å². The van der Waals surface area contributed by atoms with Gasteiger partial charge in [-0.25, -0.2) is 14.7 Å². The molecule has 2 aromatic rings. The second-order valence-electron chi connectivity index (χ2n) is 6.70. The number of hydrogen-bond donors (Lipinski definition) is 2. The van der Waals surface area contributed by atoms with E-state index in [1.807, 2.05) is 68.9 Å². The number of aryl methyl sites for hydroxylation is 1. The second kappa shape index (κ2) is 7.81. The number of aromatic nitrogens is 1. The Kier molecular flexibility index (Phi) is 5.79. The van der Waals surface area contributed by atoms with Crippen molar-refractivity contribution in [3.05, 3.63) is 54.2 Å². The third kappa shape index (κ3) is 5.91. The number of alkyl carbamates (subject to hydrolysis) is 1. The summed E-state index contributed by atoms with van der Waals surface area (Å²) in [6.45, 7) is 6.11. The highest BCUT2D eigenvalue weighted by Crippen LogP contribution is 2.14. The fourth-order valence-electron chi connectivity index (χ4n) is 2.18. The molecule has 2 rings (SSSR count). The van der Waals surface area contributed by atoms with Gasteiger partial charge in [0.1, 0.15) is 11.3 Å². The van der Waals surface area contributed by atoms with Crippen LogP contribution >= 0.6 is 0 Å². The van der Waals surface area contributed by atoms with Crippen LogP contribution in [-0.4, -0.2) is 18.2 Å². The summed E-state index contributed by atoms with van der Waals surface area (Å²) in [6.07, 6.45) is 2.38. The van der Waals surface area contributed by atoms with Crippen molar-refractivity contribution in [2.45, 2.75) is 32.8 Å². The number of ether oxygens (including phenoxy) is 1. The summed E-state index contributed by atoms with van der Waals surface area (Å²) >= 11 is 0. The van der Waals surface area contributed by atoms with Gasteiger partial charge in [0.05, 0.1) is 13.2 Å². The molecule has 0 spiro atoms. The molecule has 24 heavy (non-hydrogen) atoms. The van der Waals surface area contributed by atoms with E-state index in [1.165, 1.54) is 0 Å². The number of benzene rings is 1. The molecule has 0 saturated carbocycles. The van der Waals surface area contributed by atoms with Crippen molar-refractivity contribution in [3.63, 3.8) is 0 Å². The molecule has 2 N–H and O–H groups in total. The van der Waals surface area contributed by atoms with Crippen LogP contribution in [0.2, 0.25) is 0 Å². The molecule has 0 atom stereocenters. The van der Waals surface area contributed by atoms with E-state index in [1.54, 1.807) is 0 Å². The predicted octanol–water partition coefficient (Wildman–Crippen LogP) is 3.32. The highest BCUT2D eigenvalue weighted by molar-refractivity contribution is 5.67. The van der Waals surface area contributed by atoms with Gasteiger partial charge in [-0.1, -0.05) is 18.2 Å². The molecule has 128 valence electrons. The molecule has 0 unspecified atom stereocenters. The molecule has 1 amide bonds. The van der Waals surface area contributed by atoms with Crippen LogP contribution in [0.15, 0.2) is 48.7 Å². The van der Waals surface area contributed by atoms with Crippen molar-refractivity contribution in [1.82, 2.24) is 5.32 Å². The molecular formula is C19H26N3O2+. The molecule has 0 saturated heterocycles. The first kappa shape index (κ1) is 17.8. The average Bonchev–Trinajstić information content (AvgIpc) is 2.49. The van der Waals surface area contributed by atoms with E-state index in [-0.39, 0.29) is 6.09 Å². The lowest BCUT2D eigenvalue weighted by molar-refractivity contribution is -0.657. The molecule has 1 aromatic heterocycles. The normalized spacial score (nSPS) is 11.0. The summed E-state index contributed by atoms with van der Waals surface area (Å²) in [4.78, 5) is 11.6. The number of nitrogens with one attached hydrogen (secondary N) is 2. The zero-order valence-corrected chi connectivity index (χ0v) is 14.8. The molecule has 0 aliphatic heterocycles. The number of rotatable bonds is 5. The standard InChI is InChI=1S/C19H25N3O2/c1-19(2,3)24-18(23)20-13-12-15-8-10-16(11-9-15)21-17-7-5-6-14-22(17)4/h5-11,14H,12-13H2,1-4H3,(H,20,23)/p+1. The number of carbonyl (C=O) groups excluding carboxylic acids is 1. The maximum atomic E-state index is 11.6. The van der Waals surface area contributed by atoms with Crippen LogP contribution in [0.5, 0.6) is 0 Å². The van der Waals surface area contributed by atoms with Crippen molar-refractivity contribution >= 4 is 17.6 Å². The van der Waals surface area contributed by atoms with E-state index in [0.717, 1.165) is 23.5 Å². The van der Waals surface area contributed by atoms with E-state index < -0.39 is 5.60 Å². The van der Waals surface area contributed by atoms with Crippen LogP contribution in [0.25, 0.3) is 0 Å². The number of amides is 1. The average molecular weight is 328 g/mol. The summed E-state index contributed by atoms with van der Waals surface area (Å²) in [5.74, 6) is 1.02. The van der Waals surface area contributed by atoms with Crippen LogP contribution in [-0.2, 0) is 18.2 Å². The molecule has 0 aliphatic rings. The minimum Gasteiger partial charge on any atom is -0.444 e. The van der Waals surface area contributed by atoms with Gasteiger partial charge in [0.2, 0.25) is 0 Å². The SMILES string of the molecule is C[n+]1ccccc1Nc1ccc(CCNC(=O)OC(C)(C)C)cc1. The Hall–Kier alpha value is -2.56. The van der Waals surface area contributed by atoms with Crippen molar-refractivity contribution in [2.75, 3.05) is 11.9 Å². The fourth-order valence-corrected chi connectivity index (χ4v) is 2.18. The Morgan fingerprint density at radius 2 is 1.83 bits per heavy atom. The maximum Gasteiger partial charge on any atom is 0.407 e. The van der Waals surface area contributed by atoms with Gasteiger partial charge in [-0.2, -0.15) is 0 Å². The van der Waals surface area contributed by atoms with Gasteiger partial charge in [0, 0.05) is 12.6 Å².